The number of hydrogen-bond donors (Lipinski definition) is 2. The summed E-state index contributed by atoms with van der Waals surface area (Å²) in [6, 6.07) is 22.7. The molecule has 5 rings (SSSR count). The fraction of sp³-hybridized carbons (Fsp3) is 0.226. The molecule has 206 valence electrons. The second-order valence-electron chi connectivity index (χ2n) is 9.21. The van der Waals surface area contributed by atoms with Crippen LogP contribution in [-0.4, -0.2) is 34.9 Å². The maximum absolute atomic E-state index is 12.6. The first-order valence-electron chi connectivity index (χ1n) is 12.9. The van der Waals surface area contributed by atoms with Crippen LogP contribution in [0, 0.1) is 6.92 Å². The molecule has 3 aromatic rings. The number of aromatic nitrogens is 2. The van der Waals surface area contributed by atoms with Crippen molar-refractivity contribution in [2.45, 2.75) is 33.3 Å². The zero-order chi connectivity index (χ0) is 28.8. The third-order valence-corrected chi connectivity index (χ3v) is 6.47. The predicted molar refractivity (Wildman–Crippen MR) is 154 cm³/mol. The van der Waals surface area contributed by atoms with Gasteiger partial charge in [-0.3, -0.25) is 19.6 Å². The number of nitrogens with zero attached hydrogens (tertiary/aromatic N) is 2. The number of amides is 2. The lowest BCUT2D eigenvalue weighted by Gasteiger charge is -2.15. The molecule has 0 fully saturated rings. The molecule has 2 aliphatic carbocycles. The molecule has 0 radical (unpaired) electrons. The van der Waals surface area contributed by atoms with Crippen molar-refractivity contribution in [3.05, 3.63) is 89.6 Å². The van der Waals surface area contributed by atoms with Crippen molar-refractivity contribution in [2.75, 3.05) is 17.7 Å². The van der Waals surface area contributed by atoms with Crippen molar-refractivity contribution in [1.82, 2.24) is 9.78 Å². The van der Waals surface area contributed by atoms with Gasteiger partial charge in [-0.25, -0.2) is 4.79 Å². The number of carbonyl (C=O) groups excluding carboxylic acids is 3. The summed E-state index contributed by atoms with van der Waals surface area (Å²) < 4.78 is 11.5. The lowest BCUT2D eigenvalue weighted by atomic mass is 10.1. The van der Waals surface area contributed by atoms with Crippen LogP contribution in [0.4, 0.5) is 16.2 Å². The van der Waals surface area contributed by atoms with E-state index in [-0.39, 0.29) is 11.9 Å². The number of anilines is 2. The Morgan fingerprint density at radius 1 is 0.900 bits per heavy atom. The molecule has 0 aliphatic heterocycles. The minimum absolute atomic E-state index is 0.157. The van der Waals surface area contributed by atoms with Crippen LogP contribution in [-0.2, 0) is 21.3 Å². The number of carbonyl (C=O) groups is 3. The van der Waals surface area contributed by atoms with Gasteiger partial charge in [0.25, 0.3) is 5.91 Å². The minimum Gasteiger partial charge on any atom is -0.469 e. The largest absolute Gasteiger partial charge is 0.469 e. The summed E-state index contributed by atoms with van der Waals surface area (Å²) in [4.78, 5) is 35.2. The number of rotatable bonds is 7. The smallest absolute Gasteiger partial charge is 0.412 e. The van der Waals surface area contributed by atoms with Crippen LogP contribution < -0.4 is 10.6 Å². The van der Waals surface area contributed by atoms with Crippen molar-refractivity contribution in [1.29, 1.82) is 0 Å². The van der Waals surface area contributed by atoms with Gasteiger partial charge in [0, 0.05) is 35.7 Å². The molecular weight excluding hydrogens is 508 g/mol. The van der Waals surface area contributed by atoms with Crippen molar-refractivity contribution in [2.24, 2.45) is 7.05 Å². The molecule has 2 aliphatic rings. The summed E-state index contributed by atoms with van der Waals surface area (Å²) in [5, 5.41) is 10.3. The van der Waals surface area contributed by atoms with E-state index in [2.05, 4.69) is 20.5 Å². The standard InChI is InChI=1S/C27H24N4O3.C4H8O2/c1-16-23(29-27(33)34-17(2)18-8-5-4-6-9-18)25(31(3)30-16)19-12-14-20(15-13-19)26(32)28-24-21-10-7-11-22(21)24;1-3-4(5)6-2/h4-15,17H,1-3H3,(H,28,32)(H,29,33);3H2,1-2H3. The number of aryl methyl sites for hydroxylation is 2. The van der Waals surface area contributed by atoms with E-state index in [1.54, 1.807) is 23.7 Å². The maximum atomic E-state index is 12.6. The highest BCUT2D eigenvalue weighted by molar-refractivity contribution is 6.16. The average molecular weight is 541 g/mol. The van der Waals surface area contributed by atoms with Gasteiger partial charge in [-0.1, -0.05) is 67.6 Å². The minimum atomic E-state index is -0.558. The number of methoxy groups -OCH3 is 1. The van der Waals surface area contributed by atoms with Crippen LogP contribution in [0.3, 0.4) is 0 Å². The van der Waals surface area contributed by atoms with E-state index in [0.717, 1.165) is 33.6 Å². The zero-order valence-corrected chi connectivity index (χ0v) is 23.1. The third kappa shape index (κ3) is 6.37. The number of hydrogen-bond acceptors (Lipinski definition) is 6. The monoisotopic (exact) mass is 540 g/mol. The molecule has 1 heterocycles. The van der Waals surface area contributed by atoms with Gasteiger partial charge in [0.15, 0.2) is 0 Å². The molecular formula is C31H32N4O5. The van der Waals surface area contributed by atoms with Gasteiger partial charge in [-0.05, 0) is 31.5 Å². The molecule has 0 saturated heterocycles. The third-order valence-electron chi connectivity index (χ3n) is 6.47. The summed E-state index contributed by atoms with van der Waals surface area (Å²) >= 11 is 0. The fourth-order valence-corrected chi connectivity index (χ4v) is 4.27. The van der Waals surface area contributed by atoms with Crippen LogP contribution >= 0.6 is 0 Å². The van der Waals surface area contributed by atoms with Crippen LogP contribution in [0.25, 0.3) is 22.4 Å². The van der Waals surface area contributed by atoms with Crippen molar-refractivity contribution >= 4 is 29.3 Å². The molecule has 2 aromatic carbocycles. The van der Waals surface area contributed by atoms with E-state index in [4.69, 9.17) is 4.74 Å². The Morgan fingerprint density at radius 3 is 2.12 bits per heavy atom. The fourth-order valence-electron chi connectivity index (χ4n) is 4.27. The number of nitrogens with one attached hydrogen (secondary N) is 2. The topological polar surface area (TPSA) is 112 Å². The van der Waals surface area contributed by atoms with E-state index in [9.17, 15) is 14.4 Å². The highest BCUT2D eigenvalue weighted by Gasteiger charge is 2.25. The zero-order valence-electron chi connectivity index (χ0n) is 23.1. The Bertz CT molecular complexity index is 1500. The molecule has 0 saturated carbocycles. The van der Waals surface area contributed by atoms with E-state index in [0.29, 0.717) is 23.4 Å². The second kappa shape index (κ2) is 12.3. The molecule has 1 aromatic heterocycles. The summed E-state index contributed by atoms with van der Waals surface area (Å²) in [5.74, 6) is -0.314. The normalized spacial score (nSPS) is 11.4. The van der Waals surface area contributed by atoms with Crippen LogP contribution in [0.1, 0.15) is 48.0 Å². The summed E-state index contributed by atoms with van der Waals surface area (Å²) in [7, 11) is 3.19. The van der Waals surface area contributed by atoms with Crippen molar-refractivity contribution < 1.29 is 23.9 Å². The van der Waals surface area contributed by atoms with Gasteiger partial charge < -0.3 is 14.8 Å². The molecule has 9 nitrogen and oxygen atoms in total. The maximum Gasteiger partial charge on any atom is 0.412 e. The van der Waals surface area contributed by atoms with Gasteiger partial charge in [-0.15, -0.1) is 0 Å². The Kier molecular flexibility index (Phi) is 8.63. The van der Waals surface area contributed by atoms with Crippen LogP contribution in [0.5, 0.6) is 0 Å². The second-order valence-corrected chi connectivity index (χ2v) is 9.21. The van der Waals surface area contributed by atoms with Crippen molar-refractivity contribution in [3.8, 4) is 22.4 Å². The summed E-state index contributed by atoms with van der Waals surface area (Å²) in [6.45, 7) is 5.41. The highest BCUT2D eigenvalue weighted by atomic mass is 16.6. The summed E-state index contributed by atoms with van der Waals surface area (Å²) in [5.41, 5.74) is 7.34. The number of para-hydroxylation sites is 1. The first kappa shape index (κ1) is 28.1. The number of fused-ring (bicyclic) bond motifs is 1. The van der Waals surface area contributed by atoms with Crippen molar-refractivity contribution in [3.63, 3.8) is 0 Å². The Hall–Kier alpha value is -4.92. The van der Waals surface area contributed by atoms with Gasteiger partial charge in [-0.2, -0.15) is 5.10 Å². The first-order chi connectivity index (χ1) is 19.2. The van der Waals surface area contributed by atoms with E-state index in [1.165, 1.54) is 7.11 Å². The van der Waals surface area contributed by atoms with Crippen LogP contribution in [0.15, 0.2) is 72.8 Å². The van der Waals surface area contributed by atoms with Gasteiger partial charge in [0.1, 0.15) is 6.10 Å². The lowest BCUT2D eigenvalue weighted by Crippen LogP contribution is -2.17. The molecule has 0 spiro atoms. The molecule has 9 heteroatoms. The van der Waals surface area contributed by atoms with Gasteiger partial charge in [0.05, 0.1) is 29.9 Å². The van der Waals surface area contributed by atoms with E-state index < -0.39 is 12.2 Å². The molecule has 0 bridgehead atoms. The number of ether oxygens (including phenoxy) is 2. The molecule has 2 N–H and O–H groups in total. The predicted octanol–water partition coefficient (Wildman–Crippen LogP) is 6.51. The quantitative estimate of drug-likeness (QED) is 0.228. The van der Waals surface area contributed by atoms with Crippen LogP contribution in [0.2, 0.25) is 0 Å². The van der Waals surface area contributed by atoms with E-state index >= 15 is 0 Å². The highest BCUT2D eigenvalue weighted by Crippen LogP contribution is 2.48. The Labute approximate surface area is 233 Å². The van der Waals surface area contributed by atoms with E-state index in [1.807, 2.05) is 81.6 Å². The number of benzene rings is 3. The lowest BCUT2D eigenvalue weighted by molar-refractivity contribution is -0.140. The molecule has 2 amide bonds. The Morgan fingerprint density at radius 2 is 1.55 bits per heavy atom. The number of esters is 1. The first-order valence-corrected chi connectivity index (χ1v) is 12.9. The molecule has 1 unspecified atom stereocenters. The van der Waals surface area contributed by atoms with Gasteiger partial charge >= 0.3 is 12.1 Å². The van der Waals surface area contributed by atoms with Gasteiger partial charge in [0.2, 0.25) is 0 Å². The molecule has 40 heavy (non-hydrogen) atoms. The average Bonchev–Trinajstić information content (AvgIpc) is 3.24. The Balaban J connectivity index is 0.000000557. The molecule has 1 atom stereocenters. The SMILES string of the molecule is CCC(=O)OC.Cc1nn(C)c(-c2ccc(C(=O)Nc3c4cccc3-4)cc2)c1NC(=O)OC(C)c1ccccc1. The summed E-state index contributed by atoms with van der Waals surface area (Å²) in [6.07, 6.45) is -0.485.